The number of thiazole rings is 1. The van der Waals surface area contributed by atoms with E-state index < -0.39 is 5.92 Å². The highest BCUT2D eigenvalue weighted by atomic mass is 79.9. The molecular weight excluding hydrogens is 662 g/mol. The van der Waals surface area contributed by atoms with Gasteiger partial charge in [0, 0.05) is 31.8 Å². The first-order valence-corrected chi connectivity index (χ1v) is 17.0. The van der Waals surface area contributed by atoms with E-state index in [1.54, 1.807) is 23.9 Å². The first-order valence-electron chi connectivity index (χ1n) is 14.5. The van der Waals surface area contributed by atoms with E-state index in [1.165, 1.54) is 16.2 Å². The number of amides is 3. The van der Waals surface area contributed by atoms with E-state index >= 15 is 0 Å². The number of carbonyl (C=O) groups excluding carboxylic acids is 3. The van der Waals surface area contributed by atoms with Gasteiger partial charge in [0.05, 0.1) is 22.5 Å². The highest BCUT2D eigenvalue weighted by Gasteiger charge is 2.69. The second kappa shape index (κ2) is 10.7. The topological polar surface area (TPSA) is 109 Å². The number of para-hydroxylation sites is 2. The number of halogens is 1. The molecule has 222 valence electrons. The van der Waals surface area contributed by atoms with Crippen LogP contribution in [0.5, 0.6) is 5.75 Å². The molecule has 2 aliphatic heterocycles. The number of hydrogen-bond donors (Lipinski definition) is 2. The number of rotatable bonds is 6. The summed E-state index contributed by atoms with van der Waals surface area (Å²) in [6.07, 6.45) is 0.793. The van der Waals surface area contributed by atoms with Crippen LogP contribution in [-0.2, 0) is 14.4 Å². The van der Waals surface area contributed by atoms with E-state index in [0.717, 1.165) is 26.4 Å². The molecular formula is C33H26BrN3O5S2. The van der Waals surface area contributed by atoms with Gasteiger partial charge in [-0.3, -0.25) is 24.1 Å². The van der Waals surface area contributed by atoms with Crippen LogP contribution in [0.4, 0.5) is 11.4 Å². The van der Waals surface area contributed by atoms with E-state index in [4.69, 9.17) is 4.74 Å². The van der Waals surface area contributed by atoms with Crippen molar-refractivity contribution in [2.24, 2.45) is 29.6 Å². The van der Waals surface area contributed by atoms with Crippen molar-refractivity contribution in [3.63, 3.8) is 0 Å². The smallest absolute Gasteiger partial charge is 0.305 e. The Bertz CT molecular complexity index is 1860. The van der Waals surface area contributed by atoms with Crippen molar-refractivity contribution in [3.8, 4) is 5.75 Å². The van der Waals surface area contributed by atoms with Crippen molar-refractivity contribution < 1.29 is 19.1 Å². The summed E-state index contributed by atoms with van der Waals surface area (Å²) >= 11 is 6.28. The van der Waals surface area contributed by atoms with Gasteiger partial charge < -0.3 is 15.0 Å². The second-order valence-corrected chi connectivity index (χ2v) is 14.8. The molecule has 2 saturated carbocycles. The van der Waals surface area contributed by atoms with Gasteiger partial charge in [-0.1, -0.05) is 63.7 Å². The summed E-state index contributed by atoms with van der Waals surface area (Å²) in [5.74, 6) is -0.930. The van der Waals surface area contributed by atoms with Gasteiger partial charge in [0.1, 0.15) is 5.75 Å². The van der Waals surface area contributed by atoms with Crippen LogP contribution in [0.1, 0.15) is 22.8 Å². The minimum absolute atomic E-state index is 0.0145. The molecule has 4 aliphatic rings. The van der Waals surface area contributed by atoms with E-state index in [0.29, 0.717) is 17.1 Å². The number of nitrogens with one attached hydrogen (secondary N) is 2. The number of aromatic nitrogens is 1. The number of benzene rings is 3. The molecule has 3 heterocycles. The molecule has 3 fully saturated rings. The highest BCUT2D eigenvalue weighted by Crippen LogP contribution is 2.69. The summed E-state index contributed by atoms with van der Waals surface area (Å²) in [7, 11) is 0. The lowest BCUT2D eigenvalue weighted by atomic mass is 9.68. The Morgan fingerprint density at radius 2 is 1.64 bits per heavy atom. The zero-order valence-corrected chi connectivity index (χ0v) is 26.4. The molecule has 1 saturated heterocycles. The van der Waals surface area contributed by atoms with Crippen LogP contribution in [0.3, 0.4) is 0 Å². The molecule has 0 radical (unpaired) electrons. The maximum absolute atomic E-state index is 14.0. The van der Waals surface area contributed by atoms with Crippen LogP contribution in [0, 0.1) is 29.6 Å². The second-order valence-electron chi connectivity index (χ2n) is 11.7. The monoisotopic (exact) mass is 687 g/mol. The summed E-state index contributed by atoms with van der Waals surface area (Å²) < 4.78 is 7.03. The fourth-order valence-corrected chi connectivity index (χ4v) is 11.1. The molecule has 8 rings (SSSR count). The molecule has 1 aromatic heterocycles. The lowest BCUT2D eigenvalue weighted by molar-refractivity contribution is -0.123. The predicted molar refractivity (Wildman–Crippen MR) is 172 cm³/mol. The van der Waals surface area contributed by atoms with Gasteiger partial charge in [-0.25, -0.2) is 0 Å². The average Bonchev–Trinajstić information content (AvgIpc) is 3.76. The van der Waals surface area contributed by atoms with Crippen molar-refractivity contribution >= 4 is 68.1 Å². The van der Waals surface area contributed by atoms with Crippen molar-refractivity contribution in [2.75, 3.05) is 16.8 Å². The number of carbonyl (C=O) groups is 3. The number of nitrogens with zero attached hydrogens (tertiary/aromatic N) is 1. The van der Waals surface area contributed by atoms with Gasteiger partial charge in [0.15, 0.2) is 6.61 Å². The number of hydrogen-bond acceptors (Lipinski definition) is 7. The van der Waals surface area contributed by atoms with Gasteiger partial charge in [0.25, 0.3) is 5.91 Å². The Morgan fingerprint density at radius 1 is 0.932 bits per heavy atom. The Balaban J connectivity index is 1.13. The summed E-state index contributed by atoms with van der Waals surface area (Å²) in [6.45, 7) is -0.177. The zero-order chi connectivity index (χ0) is 30.1. The van der Waals surface area contributed by atoms with Crippen molar-refractivity contribution in [3.05, 3.63) is 103 Å². The maximum atomic E-state index is 14.0. The minimum atomic E-state index is -0.401. The first kappa shape index (κ1) is 27.8. The molecule has 2 bridgehead atoms. The SMILES string of the molecule is O=C(COc1ccccc1[C@H]1c2sc(=O)[nH]c2SC2C3CC(C4C(=O)N(c5ccc(Br)cc5)C(=O)C34)C21)Nc1ccccc1. The summed E-state index contributed by atoms with van der Waals surface area (Å²) in [5, 5.41) is 3.74. The van der Waals surface area contributed by atoms with Gasteiger partial charge >= 0.3 is 4.87 Å². The molecule has 0 spiro atoms. The summed E-state index contributed by atoms with van der Waals surface area (Å²) in [4.78, 5) is 58.5. The van der Waals surface area contributed by atoms with Crippen LogP contribution in [0.15, 0.2) is 93.2 Å². The fourth-order valence-electron chi connectivity index (χ4n) is 7.94. The standard InChI is InChI=1S/C33H26BrN3O5S2/c34-16-10-12-18(13-11-16)37-31(39)26-20-14-21(27(26)32(37)40)28-25(20)24(29-30(43-28)36-33(41)44-29)19-8-4-5-9-22(19)42-15-23(38)35-17-6-2-1-3-7-17/h1-13,20-21,24-28H,14-15H2,(H,35,38)(H,36,41)/t20?,21?,24-,25?,26?,27?,28?/m1/s1. The van der Waals surface area contributed by atoms with Crippen molar-refractivity contribution in [1.29, 1.82) is 0 Å². The van der Waals surface area contributed by atoms with Gasteiger partial charge in [0.2, 0.25) is 11.8 Å². The fraction of sp³-hybridized carbons (Fsp3) is 0.273. The molecule has 2 N–H and O–H groups in total. The van der Waals surface area contributed by atoms with Crippen LogP contribution in [0.25, 0.3) is 0 Å². The lowest BCUT2D eigenvalue weighted by Crippen LogP contribution is -2.42. The zero-order valence-electron chi connectivity index (χ0n) is 23.1. The Hall–Kier alpha value is -3.67. The highest BCUT2D eigenvalue weighted by molar-refractivity contribution is 9.10. The Kier molecular flexibility index (Phi) is 6.80. The number of fused-ring (bicyclic) bond motifs is 9. The largest absolute Gasteiger partial charge is 0.483 e. The number of anilines is 2. The molecule has 6 unspecified atom stereocenters. The summed E-state index contributed by atoms with van der Waals surface area (Å²) in [5.41, 5.74) is 2.17. The number of ether oxygens (including phenoxy) is 1. The van der Waals surface area contributed by atoms with Crippen molar-refractivity contribution in [2.45, 2.75) is 22.6 Å². The van der Waals surface area contributed by atoms with Crippen LogP contribution < -0.4 is 19.8 Å². The molecule has 4 aromatic rings. The van der Waals surface area contributed by atoms with E-state index in [-0.39, 0.29) is 64.0 Å². The number of imide groups is 1. The van der Waals surface area contributed by atoms with Gasteiger partial charge in [-0.05, 0) is 66.6 Å². The number of H-pyrrole nitrogens is 1. The van der Waals surface area contributed by atoms with E-state index in [1.807, 2.05) is 66.7 Å². The van der Waals surface area contributed by atoms with Crippen LogP contribution in [-0.4, -0.2) is 34.6 Å². The predicted octanol–water partition coefficient (Wildman–Crippen LogP) is 5.89. The molecule has 3 aromatic carbocycles. The molecule has 2 aliphatic carbocycles. The van der Waals surface area contributed by atoms with Gasteiger partial charge in [-0.15, -0.1) is 11.8 Å². The number of aromatic amines is 1. The summed E-state index contributed by atoms with van der Waals surface area (Å²) in [6, 6.07) is 24.2. The van der Waals surface area contributed by atoms with E-state index in [9.17, 15) is 19.2 Å². The van der Waals surface area contributed by atoms with Crippen LogP contribution >= 0.6 is 39.0 Å². The van der Waals surface area contributed by atoms with E-state index in [2.05, 4.69) is 26.2 Å². The third-order valence-electron chi connectivity index (χ3n) is 9.48. The maximum Gasteiger partial charge on any atom is 0.305 e. The lowest BCUT2D eigenvalue weighted by Gasteiger charge is -2.43. The molecule has 8 nitrogen and oxygen atoms in total. The normalized spacial score (nSPS) is 28.0. The molecule has 44 heavy (non-hydrogen) atoms. The quantitative estimate of drug-likeness (QED) is 0.245. The Labute approximate surface area is 269 Å². The number of thioether (sulfide) groups is 1. The minimum Gasteiger partial charge on any atom is -0.483 e. The molecule has 3 amide bonds. The third kappa shape index (κ3) is 4.39. The Morgan fingerprint density at radius 3 is 2.41 bits per heavy atom. The molecule has 11 heteroatoms. The van der Waals surface area contributed by atoms with Gasteiger partial charge in [-0.2, -0.15) is 0 Å². The van der Waals surface area contributed by atoms with Crippen LogP contribution in [0.2, 0.25) is 0 Å². The van der Waals surface area contributed by atoms with Crippen molar-refractivity contribution in [1.82, 2.24) is 4.98 Å². The first-order chi connectivity index (χ1) is 21.4. The molecule has 7 atom stereocenters. The average molecular weight is 689 g/mol. The third-order valence-corrected chi connectivity index (χ3v) is 12.6.